The maximum atomic E-state index is 11.8. The fourth-order valence-corrected chi connectivity index (χ4v) is 2.09. The summed E-state index contributed by atoms with van der Waals surface area (Å²) in [6.45, 7) is 6.70. The molecule has 0 aliphatic rings. The highest BCUT2D eigenvalue weighted by Crippen LogP contribution is 2.14. The van der Waals surface area contributed by atoms with Crippen molar-refractivity contribution in [2.24, 2.45) is 0 Å². The first kappa shape index (κ1) is 11.6. The van der Waals surface area contributed by atoms with E-state index in [9.17, 15) is 4.79 Å². The molecule has 2 aromatic rings. The molecule has 2 heterocycles. The monoisotopic (exact) mass is 231 g/mol. The Bertz CT molecular complexity index is 552. The van der Waals surface area contributed by atoms with E-state index < -0.39 is 0 Å². The van der Waals surface area contributed by atoms with Crippen LogP contribution < -0.4 is 5.56 Å². The summed E-state index contributed by atoms with van der Waals surface area (Å²) in [6, 6.07) is 3.90. The maximum absolute atomic E-state index is 11.8. The lowest BCUT2D eigenvalue weighted by atomic mass is 10.0. The Balaban J connectivity index is 2.35. The lowest BCUT2D eigenvalue weighted by molar-refractivity contribution is 0.655. The lowest BCUT2D eigenvalue weighted by Gasteiger charge is -2.07. The van der Waals surface area contributed by atoms with Crippen LogP contribution in [0.3, 0.4) is 0 Å². The van der Waals surface area contributed by atoms with Crippen molar-refractivity contribution >= 4 is 0 Å². The van der Waals surface area contributed by atoms with Crippen molar-refractivity contribution in [3.05, 3.63) is 51.7 Å². The molecule has 0 amide bonds. The molecule has 0 aromatic carbocycles. The zero-order valence-electron chi connectivity index (χ0n) is 10.4. The van der Waals surface area contributed by atoms with E-state index in [-0.39, 0.29) is 11.5 Å². The van der Waals surface area contributed by atoms with Gasteiger partial charge in [-0.15, -0.1) is 0 Å². The van der Waals surface area contributed by atoms with E-state index in [1.165, 1.54) is 0 Å². The lowest BCUT2D eigenvalue weighted by Crippen LogP contribution is -2.09. The summed E-state index contributed by atoms with van der Waals surface area (Å²) >= 11 is 0. The summed E-state index contributed by atoms with van der Waals surface area (Å²) in [5.74, 6) is 0.244. The molecule has 0 saturated carbocycles. The third kappa shape index (κ3) is 2.30. The minimum absolute atomic E-state index is 0.0152. The van der Waals surface area contributed by atoms with Crippen LogP contribution in [0.25, 0.3) is 0 Å². The average molecular weight is 231 g/mol. The van der Waals surface area contributed by atoms with Gasteiger partial charge in [0.05, 0.1) is 6.54 Å². The fourth-order valence-electron chi connectivity index (χ4n) is 2.09. The molecule has 4 nitrogen and oxygen atoms in total. The van der Waals surface area contributed by atoms with Gasteiger partial charge >= 0.3 is 0 Å². The quantitative estimate of drug-likeness (QED) is 0.879. The molecule has 2 aromatic heterocycles. The smallest absolute Gasteiger partial charge is 0.267 e. The van der Waals surface area contributed by atoms with Crippen molar-refractivity contribution in [1.29, 1.82) is 0 Å². The van der Waals surface area contributed by atoms with Crippen molar-refractivity contribution in [3.8, 4) is 0 Å². The first-order valence-corrected chi connectivity index (χ1v) is 5.77. The van der Waals surface area contributed by atoms with Crippen LogP contribution in [0.2, 0.25) is 0 Å². The molecule has 17 heavy (non-hydrogen) atoms. The maximum Gasteiger partial charge on any atom is 0.267 e. The number of pyridine rings is 1. The Kier molecular flexibility index (Phi) is 3.13. The first-order valence-electron chi connectivity index (χ1n) is 5.77. The van der Waals surface area contributed by atoms with Gasteiger partial charge < -0.3 is 0 Å². The number of H-pyrrole nitrogens is 1. The molecule has 0 atom stereocenters. The molecule has 0 saturated heterocycles. The van der Waals surface area contributed by atoms with E-state index in [1.807, 2.05) is 43.8 Å². The third-order valence-corrected chi connectivity index (χ3v) is 2.92. The van der Waals surface area contributed by atoms with Crippen LogP contribution in [0, 0.1) is 6.92 Å². The Morgan fingerprint density at radius 2 is 2.24 bits per heavy atom. The van der Waals surface area contributed by atoms with E-state index in [0.717, 1.165) is 16.8 Å². The molecule has 0 radical (unpaired) electrons. The second kappa shape index (κ2) is 4.57. The molecule has 0 aliphatic carbocycles. The highest BCUT2D eigenvalue weighted by molar-refractivity contribution is 5.21. The minimum atomic E-state index is 0.0152. The SMILES string of the molecule is Cc1c(C(C)C)c(=O)[nH]n1Cc1cccnc1. The largest absolute Gasteiger partial charge is 0.285 e. The Hall–Kier alpha value is -1.84. The van der Waals surface area contributed by atoms with Gasteiger partial charge in [0, 0.05) is 23.7 Å². The van der Waals surface area contributed by atoms with Gasteiger partial charge in [-0.05, 0) is 24.5 Å². The number of aromatic amines is 1. The zero-order valence-corrected chi connectivity index (χ0v) is 10.4. The molecule has 0 bridgehead atoms. The first-order chi connectivity index (χ1) is 8.09. The normalized spacial score (nSPS) is 11.1. The second-order valence-electron chi connectivity index (χ2n) is 4.54. The third-order valence-electron chi connectivity index (χ3n) is 2.92. The number of nitrogens with one attached hydrogen (secondary N) is 1. The van der Waals surface area contributed by atoms with Gasteiger partial charge in [0.25, 0.3) is 5.56 Å². The van der Waals surface area contributed by atoms with E-state index in [4.69, 9.17) is 0 Å². The highest BCUT2D eigenvalue weighted by atomic mass is 16.1. The van der Waals surface area contributed by atoms with Crippen molar-refractivity contribution in [2.75, 3.05) is 0 Å². The molecule has 0 unspecified atom stereocenters. The molecule has 2 rings (SSSR count). The number of aromatic nitrogens is 3. The number of nitrogens with zero attached hydrogens (tertiary/aromatic N) is 2. The Morgan fingerprint density at radius 1 is 1.47 bits per heavy atom. The summed E-state index contributed by atoms with van der Waals surface area (Å²) in [5, 5.41) is 2.88. The molecular weight excluding hydrogens is 214 g/mol. The van der Waals surface area contributed by atoms with E-state index >= 15 is 0 Å². The van der Waals surface area contributed by atoms with Crippen LogP contribution >= 0.6 is 0 Å². The molecule has 0 aliphatic heterocycles. The van der Waals surface area contributed by atoms with E-state index in [2.05, 4.69) is 10.1 Å². The van der Waals surface area contributed by atoms with Crippen molar-refractivity contribution < 1.29 is 0 Å². The predicted molar refractivity (Wildman–Crippen MR) is 67.2 cm³/mol. The molecule has 0 spiro atoms. The van der Waals surface area contributed by atoms with Crippen LogP contribution in [0.15, 0.2) is 29.3 Å². The standard InChI is InChI=1S/C13H17N3O/c1-9(2)12-10(3)16(15-13(12)17)8-11-5-4-6-14-7-11/h4-7,9H,8H2,1-3H3,(H,15,17). The van der Waals surface area contributed by atoms with Crippen LogP contribution in [-0.4, -0.2) is 14.8 Å². The highest BCUT2D eigenvalue weighted by Gasteiger charge is 2.13. The Labute approximate surface area is 100 Å². The van der Waals surface area contributed by atoms with Gasteiger partial charge in [0.1, 0.15) is 0 Å². The van der Waals surface area contributed by atoms with Crippen LogP contribution in [0.4, 0.5) is 0 Å². The summed E-state index contributed by atoms with van der Waals surface area (Å²) in [6.07, 6.45) is 3.56. The summed E-state index contributed by atoms with van der Waals surface area (Å²) in [4.78, 5) is 15.9. The van der Waals surface area contributed by atoms with Crippen LogP contribution in [-0.2, 0) is 6.54 Å². The zero-order chi connectivity index (χ0) is 12.4. The van der Waals surface area contributed by atoms with Gasteiger partial charge in [0.2, 0.25) is 0 Å². The molecule has 90 valence electrons. The van der Waals surface area contributed by atoms with Crippen LogP contribution in [0.1, 0.15) is 36.6 Å². The van der Waals surface area contributed by atoms with Crippen LogP contribution in [0.5, 0.6) is 0 Å². The summed E-state index contributed by atoms with van der Waals surface area (Å²) in [7, 11) is 0. The van der Waals surface area contributed by atoms with Gasteiger partial charge in [-0.3, -0.25) is 19.6 Å². The summed E-state index contributed by atoms with van der Waals surface area (Å²) < 4.78 is 1.88. The van der Waals surface area contributed by atoms with Crippen molar-refractivity contribution in [3.63, 3.8) is 0 Å². The van der Waals surface area contributed by atoms with E-state index in [1.54, 1.807) is 6.20 Å². The van der Waals surface area contributed by atoms with Crippen molar-refractivity contribution in [2.45, 2.75) is 33.2 Å². The summed E-state index contributed by atoms with van der Waals surface area (Å²) in [5.41, 5.74) is 2.97. The van der Waals surface area contributed by atoms with Crippen molar-refractivity contribution in [1.82, 2.24) is 14.8 Å². The minimum Gasteiger partial charge on any atom is -0.285 e. The molecule has 4 heteroatoms. The topological polar surface area (TPSA) is 50.7 Å². The second-order valence-corrected chi connectivity index (χ2v) is 4.54. The Morgan fingerprint density at radius 3 is 2.76 bits per heavy atom. The van der Waals surface area contributed by atoms with Gasteiger partial charge in [-0.1, -0.05) is 19.9 Å². The number of rotatable bonds is 3. The number of hydrogen-bond acceptors (Lipinski definition) is 2. The van der Waals surface area contributed by atoms with Gasteiger partial charge in [-0.25, -0.2) is 0 Å². The average Bonchev–Trinajstić information content (AvgIpc) is 2.55. The molecule has 0 fully saturated rings. The fraction of sp³-hybridized carbons (Fsp3) is 0.385. The number of hydrogen-bond donors (Lipinski definition) is 1. The molecular formula is C13H17N3O. The molecule has 1 N–H and O–H groups in total. The predicted octanol–water partition coefficient (Wildman–Crippen LogP) is 2.05. The van der Waals surface area contributed by atoms with Gasteiger partial charge in [-0.2, -0.15) is 0 Å². The van der Waals surface area contributed by atoms with Gasteiger partial charge in [0.15, 0.2) is 0 Å². The van der Waals surface area contributed by atoms with E-state index in [0.29, 0.717) is 6.54 Å².